The second-order valence-corrected chi connectivity index (χ2v) is 6.83. The molecule has 1 aromatic carbocycles. The first-order valence-electron chi connectivity index (χ1n) is 7.76. The Balaban J connectivity index is 1.50. The molecule has 0 N–H and O–H groups in total. The first kappa shape index (κ1) is 15.1. The maximum atomic E-state index is 5.36. The van der Waals surface area contributed by atoms with Gasteiger partial charge < -0.3 is 8.94 Å². The lowest BCUT2D eigenvalue weighted by Gasteiger charge is -2.21. The van der Waals surface area contributed by atoms with Crippen LogP contribution in [0, 0.1) is 0 Å². The van der Waals surface area contributed by atoms with E-state index in [-0.39, 0.29) is 6.04 Å². The quantitative estimate of drug-likeness (QED) is 0.526. The summed E-state index contributed by atoms with van der Waals surface area (Å²) < 4.78 is 11.9. The Hall–Kier alpha value is -2.44. The predicted octanol–water partition coefficient (Wildman–Crippen LogP) is 4.74. The normalized spacial score (nSPS) is 13.0. The number of thiazole rings is 1. The minimum absolute atomic E-state index is 0.200. The van der Waals surface area contributed by atoms with Gasteiger partial charge in [-0.3, -0.25) is 4.90 Å². The van der Waals surface area contributed by atoms with Gasteiger partial charge in [-0.25, -0.2) is 4.98 Å². The lowest BCUT2D eigenvalue weighted by atomic mass is 10.2. The molecule has 0 spiro atoms. The van der Waals surface area contributed by atoms with Crippen molar-refractivity contribution in [1.82, 2.24) is 15.0 Å². The molecule has 0 aliphatic rings. The van der Waals surface area contributed by atoms with E-state index in [1.165, 1.54) is 4.70 Å². The van der Waals surface area contributed by atoms with E-state index in [1.807, 2.05) is 30.3 Å². The van der Waals surface area contributed by atoms with E-state index < -0.39 is 0 Å². The molecule has 4 aromatic rings. The number of nitrogens with zero attached hydrogens (tertiary/aromatic N) is 3. The van der Waals surface area contributed by atoms with Gasteiger partial charge in [0.25, 0.3) is 0 Å². The van der Waals surface area contributed by atoms with Gasteiger partial charge in [0.1, 0.15) is 5.01 Å². The first-order chi connectivity index (χ1) is 11.7. The third kappa shape index (κ3) is 2.86. The Kier molecular flexibility index (Phi) is 3.92. The molecule has 6 heteroatoms. The average Bonchev–Trinajstić information content (AvgIpc) is 3.32. The van der Waals surface area contributed by atoms with Gasteiger partial charge in [0.05, 0.1) is 28.2 Å². The van der Waals surface area contributed by atoms with Crippen LogP contribution in [0.5, 0.6) is 0 Å². The number of furan rings is 1. The number of benzene rings is 1. The van der Waals surface area contributed by atoms with Crippen molar-refractivity contribution >= 4 is 21.6 Å². The summed E-state index contributed by atoms with van der Waals surface area (Å²) in [6, 6.07) is 14.0. The molecule has 24 heavy (non-hydrogen) atoms. The fourth-order valence-electron chi connectivity index (χ4n) is 2.57. The Morgan fingerprint density at radius 3 is 2.83 bits per heavy atom. The standard InChI is InChI=1S/C18H17N3O2S/c1-12(18-19-14-6-3-4-8-17(14)24-18)21(2)11-13-10-16(23-20-13)15-7-5-9-22-15/h3-10,12H,11H2,1-2H3/t12-/m0/s1. The van der Waals surface area contributed by atoms with Crippen LogP contribution in [-0.4, -0.2) is 22.1 Å². The number of fused-ring (bicyclic) bond motifs is 1. The maximum Gasteiger partial charge on any atom is 0.202 e. The summed E-state index contributed by atoms with van der Waals surface area (Å²) in [4.78, 5) is 6.95. The van der Waals surface area contributed by atoms with E-state index in [2.05, 4.69) is 36.2 Å². The van der Waals surface area contributed by atoms with Crippen LogP contribution in [0.25, 0.3) is 21.7 Å². The summed E-state index contributed by atoms with van der Waals surface area (Å²) >= 11 is 1.74. The lowest BCUT2D eigenvalue weighted by molar-refractivity contribution is 0.244. The molecular formula is C18H17N3O2S. The van der Waals surface area contributed by atoms with Crippen LogP contribution >= 0.6 is 11.3 Å². The Morgan fingerprint density at radius 1 is 1.17 bits per heavy atom. The van der Waals surface area contributed by atoms with Crippen molar-refractivity contribution in [1.29, 1.82) is 0 Å². The summed E-state index contributed by atoms with van der Waals surface area (Å²) in [5.41, 5.74) is 1.93. The zero-order chi connectivity index (χ0) is 16.5. The molecule has 3 heterocycles. The van der Waals surface area contributed by atoms with Crippen LogP contribution in [-0.2, 0) is 6.54 Å². The number of aromatic nitrogens is 2. The zero-order valence-electron chi connectivity index (χ0n) is 13.5. The van der Waals surface area contributed by atoms with Gasteiger partial charge in [0.2, 0.25) is 5.76 Å². The molecule has 0 amide bonds. The maximum absolute atomic E-state index is 5.36. The predicted molar refractivity (Wildman–Crippen MR) is 93.7 cm³/mol. The SMILES string of the molecule is C[C@@H](c1nc2ccccc2s1)N(C)Cc1cc(-c2ccco2)on1. The van der Waals surface area contributed by atoms with E-state index >= 15 is 0 Å². The van der Waals surface area contributed by atoms with Crippen LogP contribution in [0.15, 0.2) is 57.7 Å². The van der Waals surface area contributed by atoms with Crippen molar-refractivity contribution < 1.29 is 8.94 Å². The van der Waals surface area contributed by atoms with Crippen LogP contribution in [0.4, 0.5) is 0 Å². The summed E-state index contributed by atoms with van der Waals surface area (Å²) in [7, 11) is 2.07. The highest BCUT2D eigenvalue weighted by atomic mass is 32.1. The largest absolute Gasteiger partial charge is 0.461 e. The van der Waals surface area contributed by atoms with E-state index in [0.717, 1.165) is 16.2 Å². The topological polar surface area (TPSA) is 55.3 Å². The van der Waals surface area contributed by atoms with Crippen molar-refractivity contribution in [2.75, 3.05) is 7.05 Å². The molecule has 0 fully saturated rings. The zero-order valence-corrected chi connectivity index (χ0v) is 14.3. The van der Waals surface area contributed by atoms with Gasteiger partial charge >= 0.3 is 0 Å². The minimum atomic E-state index is 0.200. The number of para-hydroxylation sites is 1. The lowest BCUT2D eigenvalue weighted by Crippen LogP contribution is -2.21. The van der Waals surface area contributed by atoms with Gasteiger partial charge in [-0.05, 0) is 38.2 Å². The molecule has 0 aliphatic carbocycles. The van der Waals surface area contributed by atoms with E-state index in [4.69, 9.17) is 13.9 Å². The average molecular weight is 339 g/mol. The van der Waals surface area contributed by atoms with E-state index in [9.17, 15) is 0 Å². The molecule has 4 rings (SSSR count). The third-order valence-electron chi connectivity index (χ3n) is 4.06. The van der Waals surface area contributed by atoms with Crippen molar-refractivity contribution in [3.05, 3.63) is 59.4 Å². The molecule has 0 aliphatic heterocycles. The fourth-order valence-corrected chi connectivity index (χ4v) is 3.66. The van der Waals surface area contributed by atoms with Gasteiger partial charge in [-0.1, -0.05) is 17.3 Å². The monoisotopic (exact) mass is 339 g/mol. The van der Waals surface area contributed by atoms with Gasteiger partial charge in [-0.2, -0.15) is 0 Å². The summed E-state index contributed by atoms with van der Waals surface area (Å²) in [5.74, 6) is 1.34. The number of hydrogen-bond donors (Lipinski definition) is 0. The molecule has 0 bridgehead atoms. The van der Waals surface area contributed by atoms with Crippen LogP contribution < -0.4 is 0 Å². The highest BCUT2D eigenvalue weighted by molar-refractivity contribution is 7.18. The molecule has 122 valence electrons. The Morgan fingerprint density at radius 2 is 2.04 bits per heavy atom. The molecule has 0 saturated carbocycles. The van der Waals surface area contributed by atoms with Crippen molar-refractivity contribution in [2.24, 2.45) is 0 Å². The van der Waals surface area contributed by atoms with Gasteiger partial charge in [-0.15, -0.1) is 11.3 Å². The highest BCUT2D eigenvalue weighted by Crippen LogP contribution is 2.30. The Labute approximate surface area is 143 Å². The fraction of sp³-hybridized carbons (Fsp3) is 0.222. The molecule has 0 radical (unpaired) electrons. The summed E-state index contributed by atoms with van der Waals surface area (Å²) in [6.07, 6.45) is 1.62. The van der Waals surface area contributed by atoms with Crippen molar-refractivity contribution in [3.8, 4) is 11.5 Å². The molecule has 0 unspecified atom stereocenters. The molecule has 3 aromatic heterocycles. The molecule has 5 nitrogen and oxygen atoms in total. The number of hydrogen-bond acceptors (Lipinski definition) is 6. The second-order valence-electron chi connectivity index (χ2n) is 5.77. The number of rotatable bonds is 5. The second kappa shape index (κ2) is 6.22. The summed E-state index contributed by atoms with van der Waals surface area (Å²) in [6.45, 7) is 2.84. The highest BCUT2D eigenvalue weighted by Gasteiger charge is 2.18. The molecule has 0 saturated heterocycles. The van der Waals surface area contributed by atoms with Crippen molar-refractivity contribution in [2.45, 2.75) is 19.5 Å². The van der Waals surface area contributed by atoms with Gasteiger partial charge in [0, 0.05) is 12.6 Å². The molecule has 1 atom stereocenters. The minimum Gasteiger partial charge on any atom is -0.461 e. The molecular weight excluding hydrogens is 322 g/mol. The smallest absolute Gasteiger partial charge is 0.202 e. The van der Waals surface area contributed by atoms with Crippen LogP contribution in [0.3, 0.4) is 0 Å². The summed E-state index contributed by atoms with van der Waals surface area (Å²) in [5, 5.41) is 5.24. The van der Waals surface area contributed by atoms with Gasteiger partial charge in [0.15, 0.2) is 5.76 Å². The van der Waals surface area contributed by atoms with Crippen LogP contribution in [0.2, 0.25) is 0 Å². The Bertz CT molecular complexity index is 909. The van der Waals surface area contributed by atoms with Crippen molar-refractivity contribution in [3.63, 3.8) is 0 Å². The first-order valence-corrected chi connectivity index (χ1v) is 8.57. The van der Waals surface area contributed by atoms with E-state index in [1.54, 1.807) is 17.6 Å². The third-order valence-corrected chi connectivity index (χ3v) is 5.27. The van der Waals surface area contributed by atoms with Crippen LogP contribution in [0.1, 0.15) is 23.7 Å². The van der Waals surface area contributed by atoms with E-state index in [0.29, 0.717) is 18.1 Å².